The summed E-state index contributed by atoms with van der Waals surface area (Å²) in [4.78, 5) is 30.8. The van der Waals surface area contributed by atoms with Crippen LogP contribution in [-0.2, 0) is 14.3 Å². The number of hydrogen-bond acceptors (Lipinski definition) is 7. The second-order valence-electron chi connectivity index (χ2n) is 13.0. The first-order valence-corrected chi connectivity index (χ1v) is 14.4. The predicted molar refractivity (Wildman–Crippen MR) is 140 cm³/mol. The Kier molecular flexibility index (Phi) is 7.48. The summed E-state index contributed by atoms with van der Waals surface area (Å²) < 4.78 is 10.8. The van der Waals surface area contributed by atoms with Gasteiger partial charge in [-0.2, -0.15) is 0 Å². The molecule has 0 aromatic carbocycles. The van der Waals surface area contributed by atoms with Crippen molar-refractivity contribution in [3.05, 3.63) is 11.6 Å². The third kappa shape index (κ3) is 4.15. The van der Waals surface area contributed by atoms with Gasteiger partial charge >= 0.3 is 6.03 Å². The summed E-state index contributed by atoms with van der Waals surface area (Å²) in [7, 11) is 1.64. The molecule has 8 unspecified atom stereocenters. The van der Waals surface area contributed by atoms with Crippen LogP contribution in [0, 0.1) is 28.6 Å². The summed E-state index contributed by atoms with van der Waals surface area (Å²) in [5, 5.41) is 33.4. The molecule has 9 nitrogen and oxygen atoms in total. The number of rotatable bonds is 5. The number of aliphatic hydroxyl groups excluding tert-OH is 2. The molecule has 5 aliphatic rings. The van der Waals surface area contributed by atoms with Crippen LogP contribution in [0.2, 0.25) is 0 Å². The van der Waals surface area contributed by atoms with Gasteiger partial charge < -0.3 is 34.6 Å². The van der Waals surface area contributed by atoms with Crippen molar-refractivity contribution in [1.29, 1.82) is 0 Å². The van der Waals surface area contributed by atoms with E-state index in [1.807, 2.05) is 9.80 Å². The highest BCUT2D eigenvalue weighted by atomic mass is 16.5. The standard InChI is InChI=1S/C29H46N2O7/c1-18(31(11-12-37-4)26(35)30-9-13-38-14-10-30)19-6-8-29(36)21-15-23(32)22-16-24(33)25(34)17-27(22,2)20(21)5-7-28(19,29)3/h15,18-20,22,24-25,33-34,36H,5-14,16-17H2,1-4H3/t18?,19?,20?,22?,24?,25?,27?,28?,29-/m1/s1. The molecule has 3 saturated carbocycles. The third-order valence-electron chi connectivity index (χ3n) is 11.3. The summed E-state index contributed by atoms with van der Waals surface area (Å²) in [5.41, 5.74) is -1.32. The van der Waals surface area contributed by atoms with Gasteiger partial charge in [-0.3, -0.25) is 4.79 Å². The average Bonchev–Trinajstić information content (AvgIpc) is 3.17. The maximum absolute atomic E-state index is 13.7. The Labute approximate surface area is 226 Å². The molecule has 0 radical (unpaired) electrons. The van der Waals surface area contributed by atoms with Crippen molar-refractivity contribution in [3.63, 3.8) is 0 Å². The number of methoxy groups -OCH3 is 1. The number of ketones is 1. The molecule has 9 heteroatoms. The Balaban J connectivity index is 1.44. The number of fused-ring (bicyclic) bond motifs is 5. The van der Waals surface area contributed by atoms with Gasteiger partial charge in [-0.1, -0.05) is 13.8 Å². The number of allylic oxidation sites excluding steroid dienone is 1. The normalized spacial score (nSPS) is 43.6. The Bertz CT molecular complexity index is 967. The minimum atomic E-state index is -1.14. The fraction of sp³-hybridized carbons (Fsp3) is 0.862. The zero-order valence-corrected chi connectivity index (χ0v) is 23.4. The molecule has 5 rings (SSSR count). The van der Waals surface area contributed by atoms with E-state index >= 15 is 0 Å². The highest BCUT2D eigenvalue weighted by molar-refractivity contribution is 5.95. The van der Waals surface area contributed by atoms with E-state index in [0.29, 0.717) is 52.3 Å². The van der Waals surface area contributed by atoms with Crippen molar-refractivity contribution in [2.75, 3.05) is 46.6 Å². The minimum Gasteiger partial charge on any atom is -0.390 e. The number of morpholine rings is 1. The quantitative estimate of drug-likeness (QED) is 0.493. The first kappa shape index (κ1) is 28.0. The smallest absolute Gasteiger partial charge is 0.320 e. The molecule has 1 saturated heterocycles. The van der Waals surface area contributed by atoms with Gasteiger partial charge in [0, 0.05) is 44.1 Å². The van der Waals surface area contributed by atoms with Gasteiger partial charge in [0.1, 0.15) is 0 Å². The highest BCUT2D eigenvalue weighted by Crippen LogP contribution is 2.67. The molecule has 4 aliphatic carbocycles. The molecular weight excluding hydrogens is 488 g/mol. The summed E-state index contributed by atoms with van der Waals surface area (Å²) in [6.45, 7) is 9.42. The van der Waals surface area contributed by atoms with Crippen molar-refractivity contribution in [2.45, 2.75) is 83.1 Å². The van der Waals surface area contributed by atoms with Crippen LogP contribution >= 0.6 is 0 Å². The van der Waals surface area contributed by atoms with Crippen LogP contribution in [0.1, 0.15) is 59.3 Å². The Morgan fingerprint density at radius 1 is 1.18 bits per heavy atom. The molecule has 1 heterocycles. The molecule has 1 aliphatic heterocycles. The van der Waals surface area contributed by atoms with Gasteiger partial charge in [-0.25, -0.2) is 4.79 Å². The number of hydrogen-bond donors (Lipinski definition) is 3. The number of ether oxygens (including phenoxy) is 2. The highest BCUT2D eigenvalue weighted by Gasteiger charge is 2.67. The fourth-order valence-corrected chi connectivity index (χ4v) is 9.00. The second-order valence-corrected chi connectivity index (χ2v) is 13.0. The number of urea groups is 1. The molecular formula is C29H46N2O7. The monoisotopic (exact) mass is 534 g/mol. The minimum absolute atomic E-state index is 0.0114. The van der Waals surface area contributed by atoms with E-state index in [2.05, 4.69) is 20.8 Å². The van der Waals surface area contributed by atoms with E-state index in [1.54, 1.807) is 13.2 Å². The lowest BCUT2D eigenvalue weighted by molar-refractivity contribution is -0.153. The number of aliphatic hydroxyl groups is 3. The Morgan fingerprint density at radius 2 is 1.89 bits per heavy atom. The van der Waals surface area contributed by atoms with Crippen molar-refractivity contribution >= 4 is 11.8 Å². The first-order valence-electron chi connectivity index (χ1n) is 14.4. The van der Waals surface area contributed by atoms with Crippen LogP contribution in [0.3, 0.4) is 0 Å². The van der Waals surface area contributed by atoms with E-state index in [1.165, 1.54) is 0 Å². The average molecular weight is 535 g/mol. The van der Waals surface area contributed by atoms with Crippen LogP contribution in [0.15, 0.2) is 11.6 Å². The molecule has 2 amide bonds. The molecule has 9 atom stereocenters. The van der Waals surface area contributed by atoms with E-state index < -0.39 is 28.6 Å². The number of carbonyl (C=O) groups excluding carboxylic acids is 2. The summed E-state index contributed by atoms with van der Waals surface area (Å²) in [5.74, 6) is -0.341. The molecule has 0 aromatic rings. The van der Waals surface area contributed by atoms with Gasteiger partial charge in [0.05, 0.1) is 37.6 Å². The zero-order valence-electron chi connectivity index (χ0n) is 23.4. The zero-order chi connectivity index (χ0) is 27.5. The topological polar surface area (TPSA) is 120 Å². The molecule has 0 bridgehead atoms. The van der Waals surface area contributed by atoms with E-state index in [0.717, 1.165) is 24.8 Å². The second kappa shape index (κ2) is 10.1. The van der Waals surface area contributed by atoms with Gasteiger partial charge in [0.15, 0.2) is 5.78 Å². The van der Waals surface area contributed by atoms with Gasteiger partial charge in [-0.15, -0.1) is 0 Å². The van der Waals surface area contributed by atoms with E-state index in [9.17, 15) is 24.9 Å². The molecule has 4 fully saturated rings. The summed E-state index contributed by atoms with van der Waals surface area (Å²) in [6, 6.07) is -0.131. The summed E-state index contributed by atoms with van der Waals surface area (Å²) in [6.07, 6.45) is 3.46. The number of amides is 2. The van der Waals surface area contributed by atoms with Crippen molar-refractivity contribution in [2.24, 2.45) is 28.6 Å². The number of nitrogens with zero attached hydrogens (tertiary/aromatic N) is 2. The molecule has 0 aromatic heterocycles. The van der Waals surface area contributed by atoms with E-state index in [-0.39, 0.29) is 42.0 Å². The molecule has 3 N–H and O–H groups in total. The first-order chi connectivity index (χ1) is 18.0. The Hall–Kier alpha value is -1.52. The van der Waals surface area contributed by atoms with Crippen LogP contribution in [0.5, 0.6) is 0 Å². The number of carbonyl (C=O) groups is 2. The fourth-order valence-electron chi connectivity index (χ4n) is 9.00. The lowest BCUT2D eigenvalue weighted by Crippen LogP contribution is -2.62. The van der Waals surface area contributed by atoms with Gasteiger partial charge in [0.25, 0.3) is 0 Å². The van der Waals surface area contributed by atoms with Crippen LogP contribution in [0.4, 0.5) is 4.79 Å². The molecule has 0 spiro atoms. The van der Waals surface area contributed by atoms with Crippen molar-refractivity contribution in [3.8, 4) is 0 Å². The lowest BCUT2D eigenvalue weighted by atomic mass is 9.46. The Morgan fingerprint density at radius 3 is 2.58 bits per heavy atom. The largest absolute Gasteiger partial charge is 0.390 e. The maximum Gasteiger partial charge on any atom is 0.320 e. The predicted octanol–water partition coefficient (Wildman–Crippen LogP) is 1.98. The SMILES string of the molecule is COCCN(C(=O)N1CCOCC1)C(C)C1CC[C@@]2(O)C3=CC(=O)C4CC(O)C(O)CC4(C)C3CCC12C. The lowest BCUT2D eigenvalue weighted by Gasteiger charge is -2.60. The van der Waals surface area contributed by atoms with Crippen LogP contribution < -0.4 is 0 Å². The van der Waals surface area contributed by atoms with Crippen molar-refractivity contribution in [1.82, 2.24) is 9.80 Å². The van der Waals surface area contributed by atoms with Crippen LogP contribution in [-0.4, -0.2) is 107 Å². The van der Waals surface area contributed by atoms with Gasteiger partial charge in [-0.05, 0) is 74.3 Å². The van der Waals surface area contributed by atoms with E-state index in [4.69, 9.17) is 9.47 Å². The van der Waals surface area contributed by atoms with Crippen molar-refractivity contribution < 1.29 is 34.4 Å². The summed E-state index contributed by atoms with van der Waals surface area (Å²) >= 11 is 0. The molecule has 38 heavy (non-hydrogen) atoms. The maximum atomic E-state index is 13.7. The molecule has 214 valence electrons. The third-order valence-corrected chi connectivity index (χ3v) is 11.3. The van der Waals surface area contributed by atoms with Crippen LogP contribution in [0.25, 0.3) is 0 Å². The van der Waals surface area contributed by atoms with Gasteiger partial charge in [0.2, 0.25) is 0 Å².